The highest BCUT2D eigenvalue weighted by atomic mass is 32.2. The predicted octanol–water partition coefficient (Wildman–Crippen LogP) is -1.05. The highest BCUT2D eigenvalue weighted by Gasteiger charge is 2.66. The van der Waals surface area contributed by atoms with Crippen molar-refractivity contribution in [3.05, 3.63) is 46.6 Å². The van der Waals surface area contributed by atoms with E-state index in [9.17, 15) is 43.8 Å². The molecule has 2 saturated heterocycles. The van der Waals surface area contributed by atoms with E-state index < -0.39 is 46.7 Å². The van der Waals surface area contributed by atoms with Gasteiger partial charge in [0.25, 0.3) is 11.8 Å². The number of nitrogens with one attached hydrogen (secondary N) is 2. The summed E-state index contributed by atoms with van der Waals surface area (Å²) < 4.78 is 0.597. The normalized spacial score (nSPS) is 21.7. The van der Waals surface area contributed by atoms with Crippen LogP contribution in [0.25, 0.3) is 0 Å². The molecule has 46 heavy (non-hydrogen) atoms. The molecule has 4 heterocycles. The number of thioether (sulfide) groups is 2. The molecule has 0 bridgehead atoms. The Morgan fingerprint density at radius 1 is 1.20 bits per heavy atom. The summed E-state index contributed by atoms with van der Waals surface area (Å²) in [7, 11) is 0. The van der Waals surface area contributed by atoms with Gasteiger partial charge in [-0.3, -0.25) is 33.7 Å². The number of amides is 6. The third-order valence-electron chi connectivity index (χ3n) is 7.45. The first-order chi connectivity index (χ1) is 22.1. The van der Waals surface area contributed by atoms with Crippen molar-refractivity contribution in [2.24, 2.45) is 0 Å². The van der Waals surface area contributed by atoms with Crippen molar-refractivity contribution in [1.82, 2.24) is 40.6 Å². The van der Waals surface area contributed by atoms with Crippen LogP contribution in [0.4, 0.5) is 0 Å². The van der Waals surface area contributed by atoms with Gasteiger partial charge >= 0.3 is 17.8 Å². The molecule has 6 amide bonds. The highest BCUT2D eigenvalue weighted by molar-refractivity contribution is 8.01. The van der Waals surface area contributed by atoms with Gasteiger partial charge in [0, 0.05) is 24.6 Å². The number of aromatic nitrogens is 2. The lowest BCUT2D eigenvalue weighted by Crippen LogP contribution is -2.85. The maximum atomic E-state index is 14.1. The number of phenolic OH excluding ortho intramolecular Hbond substituents is 1. The molecule has 17 nitrogen and oxygen atoms in total. The number of carboxylic acids is 1. The summed E-state index contributed by atoms with van der Waals surface area (Å²) in [4.78, 5) is 92.5. The second-order valence-corrected chi connectivity index (χ2v) is 13.1. The van der Waals surface area contributed by atoms with Crippen LogP contribution in [0.2, 0.25) is 0 Å². The minimum atomic E-state index is -2.13. The lowest BCUT2D eigenvalue weighted by atomic mass is 9.94. The van der Waals surface area contributed by atoms with E-state index in [4.69, 9.17) is 0 Å². The van der Waals surface area contributed by atoms with Crippen LogP contribution in [0.5, 0.6) is 5.75 Å². The highest BCUT2D eigenvalue weighted by Crippen LogP contribution is 2.46. The molecule has 0 aliphatic carbocycles. The fourth-order valence-corrected chi connectivity index (χ4v) is 8.32. The number of carboxylic acid groups (broad SMARTS) is 1. The molecular formula is C26H26N8O9S3. The quantitative estimate of drug-likeness (QED) is 0.0649. The molecule has 2 aromatic rings. The van der Waals surface area contributed by atoms with Crippen molar-refractivity contribution in [1.29, 1.82) is 0 Å². The SMILES string of the molecule is CCN1CCN(N(C=O)C(C(=O)N[C@]2(NC=O)C(=O)N3C(C(=O)O)=C(CSc4nncs4)CS[C@H]32)c2ccc(O)cc2)C(=O)C1=O. The Bertz CT molecular complexity index is 1610. The van der Waals surface area contributed by atoms with E-state index in [2.05, 4.69) is 20.8 Å². The Morgan fingerprint density at radius 3 is 2.54 bits per heavy atom. The lowest BCUT2D eigenvalue weighted by Gasteiger charge is -2.56. The average molecular weight is 691 g/mol. The van der Waals surface area contributed by atoms with Gasteiger partial charge in [-0.25, -0.2) is 14.8 Å². The number of hydrazine groups is 1. The molecule has 1 aromatic carbocycles. The summed E-state index contributed by atoms with van der Waals surface area (Å²) >= 11 is 3.61. The maximum absolute atomic E-state index is 14.1. The second-order valence-electron chi connectivity index (χ2n) is 9.94. The smallest absolute Gasteiger partial charge is 0.352 e. The number of carbonyl (C=O) groups is 7. The van der Waals surface area contributed by atoms with Gasteiger partial charge in [-0.2, -0.15) is 0 Å². The number of carbonyl (C=O) groups excluding carboxylic acids is 6. The Labute approximate surface area is 272 Å². The fourth-order valence-electron chi connectivity index (χ4n) is 5.27. The van der Waals surface area contributed by atoms with Crippen molar-refractivity contribution in [2.75, 3.05) is 31.1 Å². The van der Waals surface area contributed by atoms with Crippen molar-refractivity contribution in [3.63, 3.8) is 0 Å². The van der Waals surface area contributed by atoms with E-state index in [0.29, 0.717) is 14.9 Å². The van der Waals surface area contributed by atoms with Gasteiger partial charge in [0.05, 0.1) is 6.54 Å². The Morgan fingerprint density at radius 2 is 1.93 bits per heavy atom. The summed E-state index contributed by atoms with van der Waals surface area (Å²) in [6, 6.07) is 3.41. The number of hydrogen-bond donors (Lipinski definition) is 4. The van der Waals surface area contributed by atoms with E-state index >= 15 is 0 Å². The first-order valence-corrected chi connectivity index (χ1v) is 16.5. The number of piperazine rings is 1. The standard InChI is InChI=1S/C26H26N8O9S3/c1-2-31-7-8-32(21(40)20(31)39)33(13-36)17(14-3-5-16(37)6-4-14)19(38)29-26(27-11-35)23(43)34-18(22(41)42)15(9-44-24(26)34)10-45-25-30-28-12-46-25/h3-6,11-13,17,24,37H,2,7-10H2,1H3,(H,27,35)(H,29,38)(H,41,42)/t17?,24-,26+/m0/s1. The number of β-lactam (4-membered cyclic amide) rings is 1. The van der Waals surface area contributed by atoms with Crippen LogP contribution in [0, 0.1) is 0 Å². The Kier molecular flexibility index (Phi) is 9.49. The molecule has 0 saturated carbocycles. The van der Waals surface area contributed by atoms with Gasteiger partial charge < -0.3 is 25.7 Å². The fraction of sp³-hybridized carbons (Fsp3) is 0.346. The topological polar surface area (TPSA) is 223 Å². The van der Waals surface area contributed by atoms with Gasteiger partial charge in [0.15, 0.2) is 10.4 Å². The molecule has 0 spiro atoms. The van der Waals surface area contributed by atoms with E-state index in [1.807, 2.05) is 0 Å². The first-order valence-electron chi connectivity index (χ1n) is 13.5. The molecule has 3 atom stereocenters. The van der Waals surface area contributed by atoms with Crippen molar-refractivity contribution in [2.45, 2.75) is 28.3 Å². The number of aliphatic carboxylic acids is 1. The number of phenols is 1. The largest absolute Gasteiger partial charge is 0.508 e. The minimum absolute atomic E-state index is 0.0715. The van der Waals surface area contributed by atoms with Crippen molar-refractivity contribution in [3.8, 4) is 5.75 Å². The molecule has 3 aliphatic rings. The van der Waals surface area contributed by atoms with Crippen LogP contribution in [-0.4, -0.2) is 125 Å². The average Bonchev–Trinajstić information content (AvgIpc) is 3.57. The molecule has 5 rings (SSSR count). The first kappa shape index (κ1) is 32.7. The summed E-state index contributed by atoms with van der Waals surface area (Å²) in [5, 5.41) is 32.8. The van der Waals surface area contributed by atoms with Gasteiger partial charge in [-0.1, -0.05) is 35.2 Å². The molecule has 3 aliphatic heterocycles. The van der Waals surface area contributed by atoms with Crippen LogP contribution < -0.4 is 10.6 Å². The molecule has 2 fully saturated rings. The number of hydrogen-bond acceptors (Lipinski definition) is 13. The van der Waals surface area contributed by atoms with Gasteiger partial charge in [-0.15, -0.1) is 22.0 Å². The number of fused-ring (bicyclic) bond motifs is 1. The molecule has 20 heteroatoms. The number of nitrogens with zero attached hydrogens (tertiary/aromatic N) is 6. The van der Waals surface area contributed by atoms with Crippen molar-refractivity contribution < 1.29 is 43.8 Å². The van der Waals surface area contributed by atoms with E-state index in [-0.39, 0.29) is 61.0 Å². The molecule has 0 radical (unpaired) electrons. The number of rotatable bonds is 13. The van der Waals surface area contributed by atoms with Crippen LogP contribution in [0.1, 0.15) is 18.5 Å². The molecule has 1 unspecified atom stereocenters. The lowest BCUT2D eigenvalue weighted by molar-refractivity contribution is -0.178. The minimum Gasteiger partial charge on any atom is -0.508 e. The summed E-state index contributed by atoms with van der Waals surface area (Å²) in [6.07, 6.45) is 0.363. The number of aromatic hydroxyl groups is 1. The molecular weight excluding hydrogens is 665 g/mol. The van der Waals surface area contributed by atoms with Gasteiger partial charge in [-0.05, 0) is 30.2 Å². The summed E-state index contributed by atoms with van der Waals surface area (Å²) in [5.41, 5.74) is -0.406. The number of likely N-dealkylation sites (N-methyl/N-ethyl adjacent to an activating group) is 1. The Balaban J connectivity index is 1.47. The summed E-state index contributed by atoms with van der Waals surface area (Å²) in [6.45, 7) is 1.86. The van der Waals surface area contributed by atoms with Crippen LogP contribution in [0.15, 0.2) is 45.4 Å². The van der Waals surface area contributed by atoms with E-state index in [1.54, 1.807) is 6.92 Å². The zero-order valence-electron chi connectivity index (χ0n) is 23.9. The van der Waals surface area contributed by atoms with Crippen molar-refractivity contribution >= 4 is 77.3 Å². The Hall–Kier alpha value is -4.69. The van der Waals surface area contributed by atoms with E-state index in [1.165, 1.54) is 57.8 Å². The molecule has 4 N–H and O–H groups in total. The molecule has 1 aromatic heterocycles. The van der Waals surface area contributed by atoms with E-state index in [0.717, 1.165) is 21.7 Å². The maximum Gasteiger partial charge on any atom is 0.352 e. The number of benzene rings is 1. The third kappa shape index (κ3) is 5.73. The third-order valence-corrected chi connectivity index (χ3v) is 10.8. The van der Waals surface area contributed by atoms with Crippen LogP contribution in [-0.2, 0) is 33.6 Å². The zero-order valence-corrected chi connectivity index (χ0v) is 26.3. The van der Waals surface area contributed by atoms with Crippen LogP contribution >= 0.6 is 34.9 Å². The summed E-state index contributed by atoms with van der Waals surface area (Å²) in [5.74, 6) is -5.19. The van der Waals surface area contributed by atoms with Gasteiger partial charge in [0.2, 0.25) is 18.5 Å². The zero-order chi connectivity index (χ0) is 33.2. The molecule has 242 valence electrons. The second kappa shape index (κ2) is 13.3. The monoisotopic (exact) mass is 690 g/mol. The van der Waals surface area contributed by atoms with Crippen LogP contribution in [0.3, 0.4) is 0 Å². The van der Waals surface area contributed by atoms with Gasteiger partial charge in [0.1, 0.15) is 22.3 Å². The predicted molar refractivity (Wildman–Crippen MR) is 161 cm³/mol.